The minimum Gasteiger partial charge on any atom is -0.330 e. The van der Waals surface area contributed by atoms with Gasteiger partial charge in [0.05, 0.1) is 12.2 Å². The Morgan fingerprint density at radius 3 is 3.50 bits per heavy atom. The number of nitrogens with zero attached hydrogens (tertiary/aromatic N) is 1. The first kappa shape index (κ1) is 6.19. The molecule has 0 radical (unpaired) electrons. The summed E-state index contributed by atoms with van der Waals surface area (Å²) >= 11 is 7.34. The van der Waals surface area contributed by atoms with Gasteiger partial charge in [0.2, 0.25) is 0 Å². The fourth-order valence-electron chi connectivity index (χ4n) is 0.866. The van der Waals surface area contributed by atoms with E-state index in [1.165, 1.54) is 4.88 Å². The number of thiophene rings is 1. The van der Waals surface area contributed by atoms with Gasteiger partial charge in [0.15, 0.2) is 5.29 Å². The van der Waals surface area contributed by atoms with E-state index in [2.05, 4.69) is 10.3 Å². The molecule has 0 unspecified atom stereocenters. The number of hydrogen-bond donors (Lipinski definition) is 1. The Kier molecular flexibility index (Phi) is 1.39. The lowest BCUT2D eigenvalue weighted by Crippen LogP contribution is -2.09. The SMILES string of the molecule is ClC1=NCc2sccc2N1. The molecule has 10 heavy (non-hydrogen) atoms. The quantitative estimate of drug-likeness (QED) is 0.597. The summed E-state index contributed by atoms with van der Waals surface area (Å²) < 4.78 is 0. The molecule has 1 aromatic rings. The van der Waals surface area contributed by atoms with E-state index in [1.807, 2.05) is 11.4 Å². The van der Waals surface area contributed by atoms with E-state index in [-0.39, 0.29) is 0 Å². The Labute approximate surface area is 67.5 Å². The van der Waals surface area contributed by atoms with Crippen molar-refractivity contribution < 1.29 is 0 Å². The normalized spacial score (nSPS) is 15.5. The molecule has 0 spiro atoms. The van der Waals surface area contributed by atoms with Gasteiger partial charge < -0.3 is 5.32 Å². The highest BCUT2D eigenvalue weighted by Gasteiger charge is 2.09. The van der Waals surface area contributed by atoms with Crippen molar-refractivity contribution in [2.75, 3.05) is 5.32 Å². The van der Waals surface area contributed by atoms with Gasteiger partial charge in [-0.2, -0.15) is 0 Å². The fraction of sp³-hybridized carbons (Fsp3) is 0.167. The first-order valence-electron chi connectivity index (χ1n) is 2.89. The number of halogens is 1. The van der Waals surface area contributed by atoms with Crippen LogP contribution in [-0.2, 0) is 6.54 Å². The van der Waals surface area contributed by atoms with Gasteiger partial charge in [-0.15, -0.1) is 11.3 Å². The van der Waals surface area contributed by atoms with Gasteiger partial charge in [-0.05, 0) is 23.0 Å². The third-order valence-corrected chi connectivity index (χ3v) is 2.46. The smallest absolute Gasteiger partial charge is 0.196 e. The second-order valence-corrected chi connectivity index (χ2v) is 3.35. The highest BCUT2D eigenvalue weighted by atomic mass is 35.5. The van der Waals surface area contributed by atoms with Crippen LogP contribution in [-0.4, -0.2) is 5.29 Å². The first-order valence-corrected chi connectivity index (χ1v) is 4.15. The van der Waals surface area contributed by atoms with Crippen LogP contribution in [0.4, 0.5) is 5.69 Å². The number of amidine groups is 1. The zero-order chi connectivity index (χ0) is 6.97. The zero-order valence-electron chi connectivity index (χ0n) is 5.10. The molecule has 0 saturated carbocycles. The van der Waals surface area contributed by atoms with Gasteiger partial charge >= 0.3 is 0 Å². The maximum Gasteiger partial charge on any atom is 0.196 e. The average Bonchev–Trinajstić information content (AvgIpc) is 2.33. The van der Waals surface area contributed by atoms with E-state index < -0.39 is 0 Å². The highest BCUT2D eigenvalue weighted by Crippen LogP contribution is 2.26. The third kappa shape index (κ3) is 0.914. The van der Waals surface area contributed by atoms with Crippen molar-refractivity contribution in [1.82, 2.24) is 0 Å². The van der Waals surface area contributed by atoms with Crippen molar-refractivity contribution >= 4 is 33.9 Å². The molecule has 1 aliphatic rings. The van der Waals surface area contributed by atoms with E-state index >= 15 is 0 Å². The summed E-state index contributed by atoms with van der Waals surface area (Å²) in [5, 5.41) is 5.49. The molecule has 0 bridgehead atoms. The molecular formula is C6H5ClN2S. The molecule has 0 atom stereocenters. The highest BCUT2D eigenvalue weighted by molar-refractivity contribution is 7.10. The van der Waals surface area contributed by atoms with Crippen molar-refractivity contribution in [2.24, 2.45) is 4.99 Å². The molecule has 1 aromatic heterocycles. The first-order chi connectivity index (χ1) is 4.86. The van der Waals surface area contributed by atoms with Crippen LogP contribution in [0.2, 0.25) is 0 Å². The average molecular weight is 173 g/mol. The Morgan fingerprint density at radius 1 is 1.70 bits per heavy atom. The lowest BCUT2D eigenvalue weighted by Gasteiger charge is -2.08. The monoisotopic (exact) mass is 172 g/mol. The zero-order valence-corrected chi connectivity index (χ0v) is 6.67. The van der Waals surface area contributed by atoms with Gasteiger partial charge in [-0.25, -0.2) is 0 Å². The minimum absolute atomic E-state index is 0.492. The topological polar surface area (TPSA) is 24.4 Å². The van der Waals surface area contributed by atoms with Crippen LogP contribution < -0.4 is 5.32 Å². The molecule has 1 N–H and O–H groups in total. The van der Waals surface area contributed by atoms with Crippen molar-refractivity contribution in [2.45, 2.75) is 6.54 Å². The summed E-state index contributed by atoms with van der Waals surface area (Å²) in [6, 6.07) is 2.01. The van der Waals surface area contributed by atoms with Crippen LogP contribution in [0.3, 0.4) is 0 Å². The second-order valence-electron chi connectivity index (χ2n) is 1.99. The van der Waals surface area contributed by atoms with E-state index in [4.69, 9.17) is 11.6 Å². The van der Waals surface area contributed by atoms with Crippen molar-refractivity contribution in [1.29, 1.82) is 0 Å². The molecular weight excluding hydrogens is 168 g/mol. The summed E-state index contributed by atoms with van der Waals surface area (Å²) in [6.45, 7) is 0.721. The molecule has 2 nitrogen and oxygen atoms in total. The molecule has 2 rings (SSSR count). The number of rotatable bonds is 0. The number of aliphatic imine (C=N–C) groups is 1. The van der Waals surface area contributed by atoms with Crippen LogP contribution in [0.1, 0.15) is 4.88 Å². The summed E-state index contributed by atoms with van der Waals surface area (Å²) in [4.78, 5) is 5.28. The number of fused-ring (bicyclic) bond motifs is 1. The Hall–Kier alpha value is -0.540. The van der Waals surface area contributed by atoms with Crippen molar-refractivity contribution in [3.63, 3.8) is 0 Å². The summed E-state index contributed by atoms with van der Waals surface area (Å²) in [6.07, 6.45) is 0. The standard InChI is InChI=1S/C6H5ClN2S/c7-6-8-3-5-4(9-6)1-2-10-5/h1-2H,3H2,(H,8,9). The van der Waals surface area contributed by atoms with Gasteiger partial charge in [0.1, 0.15) is 0 Å². The maximum atomic E-state index is 5.64. The summed E-state index contributed by atoms with van der Waals surface area (Å²) in [5.41, 5.74) is 1.10. The molecule has 0 amide bonds. The Balaban J connectivity index is 2.39. The second kappa shape index (κ2) is 2.25. The lowest BCUT2D eigenvalue weighted by molar-refractivity contribution is 1.09. The molecule has 1 aliphatic heterocycles. The van der Waals surface area contributed by atoms with Crippen LogP contribution in [0.25, 0.3) is 0 Å². The van der Waals surface area contributed by atoms with Gasteiger partial charge in [0.25, 0.3) is 0 Å². The van der Waals surface area contributed by atoms with Crippen LogP contribution >= 0.6 is 22.9 Å². The molecule has 0 saturated heterocycles. The fourth-order valence-corrected chi connectivity index (χ4v) is 1.78. The molecule has 0 fully saturated rings. The largest absolute Gasteiger partial charge is 0.330 e. The number of anilines is 1. The van der Waals surface area contributed by atoms with Crippen molar-refractivity contribution in [3.8, 4) is 0 Å². The number of nitrogens with one attached hydrogen (secondary N) is 1. The van der Waals surface area contributed by atoms with Crippen LogP contribution in [0.5, 0.6) is 0 Å². The van der Waals surface area contributed by atoms with E-state index in [0.717, 1.165) is 12.2 Å². The molecule has 2 heterocycles. The third-order valence-electron chi connectivity index (χ3n) is 1.34. The van der Waals surface area contributed by atoms with E-state index in [1.54, 1.807) is 11.3 Å². The Bertz CT molecular complexity index is 279. The predicted octanol–water partition coefficient (Wildman–Crippen LogP) is 2.27. The van der Waals surface area contributed by atoms with Crippen molar-refractivity contribution in [3.05, 3.63) is 16.3 Å². The molecule has 52 valence electrons. The van der Waals surface area contributed by atoms with E-state index in [0.29, 0.717) is 5.29 Å². The summed E-state index contributed by atoms with van der Waals surface area (Å²) in [5.74, 6) is 0. The van der Waals surface area contributed by atoms with Crippen LogP contribution in [0.15, 0.2) is 16.4 Å². The molecule has 4 heteroatoms. The maximum absolute atomic E-state index is 5.64. The van der Waals surface area contributed by atoms with Gasteiger partial charge in [0, 0.05) is 4.88 Å². The molecule has 0 aliphatic carbocycles. The lowest BCUT2D eigenvalue weighted by atomic mass is 10.4. The van der Waals surface area contributed by atoms with Gasteiger partial charge in [-0.3, -0.25) is 4.99 Å². The van der Waals surface area contributed by atoms with E-state index in [9.17, 15) is 0 Å². The molecule has 0 aromatic carbocycles. The number of hydrogen-bond acceptors (Lipinski definition) is 3. The summed E-state index contributed by atoms with van der Waals surface area (Å²) in [7, 11) is 0. The predicted molar refractivity (Wildman–Crippen MR) is 44.9 cm³/mol. The van der Waals surface area contributed by atoms with Crippen LogP contribution in [0, 0.1) is 0 Å². The minimum atomic E-state index is 0.492. The van der Waals surface area contributed by atoms with Gasteiger partial charge in [-0.1, -0.05) is 0 Å². The Morgan fingerprint density at radius 2 is 2.60 bits per heavy atom.